The second-order valence-corrected chi connectivity index (χ2v) is 9.23. The second kappa shape index (κ2) is 8.91. The summed E-state index contributed by atoms with van der Waals surface area (Å²) in [6, 6.07) is 1.60. The number of carbonyl (C=O) groups excluding carboxylic acids is 2. The van der Waals surface area contributed by atoms with E-state index in [-0.39, 0.29) is 17.8 Å². The summed E-state index contributed by atoms with van der Waals surface area (Å²) in [5.74, 6) is 6.36. The molecular weight excluding hydrogens is 394 g/mol. The highest BCUT2D eigenvalue weighted by Gasteiger charge is 2.29. The lowest BCUT2D eigenvalue weighted by Gasteiger charge is -2.24. The quantitative estimate of drug-likeness (QED) is 0.665. The number of nitrogens with zero attached hydrogens (tertiary/aromatic N) is 2. The fourth-order valence-electron chi connectivity index (χ4n) is 2.60. The highest BCUT2D eigenvalue weighted by molar-refractivity contribution is 6.32. The maximum atomic E-state index is 12.2. The van der Waals surface area contributed by atoms with Crippen molar-refractivity contribution < 1.29 is 19.1 Å². The predicted molar refractivity (Wildman–Crippen MR) is 112 cm³/mol. The fourth-order valence-corrected chi connectivity index (χ4v) is 2.79. The zero-order chi connectivity index (χ0) is 21.8. The largest absolute Gasteiger partial charge is 0.444 e. The minimum atomic E-state index is -0.635. The average molecular weight is 422 g/mol. The van der Waals surface area contributed by atoms with Crippen molar-refractivity contribution in [3.63, 3.8) is 0 Å². The Labute approximate surface area is 177 Å². The molecule has 1 unspecified atom stereocenters. The number of rotatable bonds is 1. The van der Waals surface area contributed by atoms with Crippen LogP contribution in [0.3, 0.4) is 0 Å². The minimum absolute atomic E-state index is 0.0202. The number of ether oxygens (including phenoxy) is 2. The first-order valence-electron chi connectivity index (χ1n) is 9.48. The van der Waals surface area contributed by atoms with E-state index in [4.69, 9.17) is 21.1 Å². The van der Waals surface area contributed by atoms with Gasteiger partial charge in [0.15, 0.2) is 5.82 Å². The van der Waals surface area contributed by atoms with Gasteiger partial charge in [-0.3, -0.25) is 5.32 Å². The van der Waals surface area contributed by atoms with E-state index in [0.29, 0.717) is 23.7 Å². The van der Waals surface area contributed by atoms with Crippen molar-refractivity contribution in [1.29, 1.82) is 0 Å². The van der Waals surface area contributed by atoms with Gasteiger partial charge in [-0.2, -0.15) is 0 Å². The number of anilines is 1. The van der Waals surface area contributed by atoms with Crippen molar-refractivity contribution in [2.75, 3.05) is 18.4 Å². The normalized spacial score (nSPS) is 16.7. The predicted octanol–water partition coefficient (Wildman–Crippen LogP) is 4.69. The first-order valence-corrected chi connectivity index (χ1v) is 9.86. The van der Waals surface area contributed by atoms with Crippen molar-refractivity contribution >= 4 is 29.6 Å². The van der Waals surface area contributed by atoms with Crippen LogP contribution in [0, 0.1) is 17.8 Å². The highest BCUT2D eigenvalue weighted by Crippen LogP contribution is 2.23. The van der Waals surface area contributed by atoms with E-state index < -0.39 is 17.3 Å². The van der Waals surface area contributed by atoms with E-state index in [1.54, 1.807) is 31.7 Å². The Hall–Kier alpha value is -2.46. The lowest BCUT2D eigenvalue weighted by Crippen LogP contribution is -2.35. The number of nitrogens with one attached hydrogen (secondary N) is 1. The summed E-state index contributed by atoms with van der Waals surface area (Å²) >= 11 is 6.26. The number of aromatic nitrogens is 1. The third-order valence-corrected chi connectivity index (χ3v) is 4.08. The Morgan fingerprint density at radius 2 is 1.86 bits per heavy atom. The number of halogens is 1. The number of carbonyl (C=O) groups is 2. The molecule has 1 aromatic rings. The number of likely N-dealkylation sites (tertiary alicyclic amines) is 1. The highest BCUT2D eigenvalue weighted by atomic mass is 35.5. The molecule has 7 nitrogen and oxygen atoms in total. The van der Waals surface area contributed by atoms with Crippen LogP contribution in [0.4, 0.5) is 15.4 Å². The summed E-state index contributed by atoms with van der Waals surface area (Å²) in [4.78, 5) is 30.1. The first kappa shape index (κ1) is 22.8. The zero-order valence-electron chi connectivity index (χ0n) is 17.8. The van der Waals surface area contributed by atoms with Gasteiger partial charge in [0.25, 0.3) is 0 Å². The molecule has 0 aromatic carbocycles. The van der Waals surface area contributed by atoms with Crippen LogP contribution in [0.25, 0.3) is 0 Å². The van der Waals surface area contributed by atoms with Crippen molar-refractivity contribution in [3.8, 4) is 11.8 Å². The van der Waals surface area contributed by atoms with Gasteiger partial charge >= 0.3 is 12.2 Å². The Balaban J connectivity index is 2.09. The molecule has 2 rings (SSSR count). The van der Waals surface area contributed by atoms with Crippen LogP contribution < -0.4 is 5.32 Å². The molecule has 1 aliphatic heterocycles. The smallest absolute Gasteiger partial charge is 0.413 e. The lowest BCUT2D eigenvalue weighted by atomic mass is 10.1. The molecule has 2 heterocycles. The second-order valence-electron chi connectivity index (χ2n) is 8.82. The maximum Gasteiger partial charge on any atom is 0.413 e. The van der Waals surface area contributed by atoms with Gasteiger partial charge in [-0.15, -0.1) is 0 Å². The van der Waals surface area contributed by atoms with Crippen LogP contribution in [0.1, 0.15) is 53.5 Å². The Kier molecular flexibility index (Phi) is 7.02. The Morgan fingerprint density at radius 3 is 2.48 bits per heavy atom. The summed E-state index contributed by atoms with van der Waals surface area (Å²) in [6.07, 6.45) is 1.25. The van der Waals surface area contributed by atoms with E-state index in [1.807, 2.05) is 20.8 Å². The molecular formula is C21H28ClN3O4. The number of pyridine rings is 1. The van der Waals surface area contributed by atoms with E-state index in [0.717, 1.165) is 6.42 Å². The zero-order valence-corrected chi connectivity index (χ0v) is 18.5. The number of hydrogen-bond acceptors (Lipinski definition) is 5. The molecule has 158 valence electrons. The summed E-state index contributed by atoms with van der Waals surface area (Å²) in [7, 11) is 0. The molecule has 1 N–H and O–H groups in total. The van der Waals surface area contributed by atoms with Crippen LogP contribution in [0.5, 0.6) is 0 Å². The molecule has 2 amide bonds. The van der Waals surface area contributed by atoms with Gasteiger partial charge in [0.2, 0.25) is 0 Å². The maximum absolute atomic E-state index is 12.2. The molecule has 1 fully saturated rings. The van der Waals surface area contributed by atoms with Crippen molar-refractivity contribution in [1.82, 2.24) is 9.88 Å². The average Bonchev–Trinajstić information content (AvgIpc) is 3.00. The van der Waals surface area contributed by atoms with Gasteiger partial charge in [-0.1, -0.05) is 23.4 Å². The summed E-state index contributed by atoms with van der Waals surface area (Å²) < 4.78 is 10.7. The van der Waals surface area contributed by atoms with Gasteiger partial charge in [0.1, 0.15) is 11.2 Å². The third kappa shape index (κ3) is 7.47. The summed E-state index contributed by atoms with van der Waals surface area (Å²) in [5, 5.41) is 2.97. The number of amides is 2. The van der Waals surface area contributed by atoms with E-state index in [2.05, 4.69) is 22.1 Å². The van der Waals surface area contributed by atoms with Gasteiger partial charge < -0.3 is 14.4 Å². The van der Waals surface area contributed by atoms with Crippen LogP contribution in [-0.2, 0) is 9.47 Å². The molecule has 0 saturated carbocycles. The molecule has 0 spiro atoms. The monoisotopic (exact) mass is 421 g/mol. The van der Waals surface area contributed by atoms with Gasteiger partial charge in [-0.25, -0.2) is 14.6 Å². The molecule has 0 aliphatic carbocycles. The molecule has 1 aromatic heterocycles. The molecule has 29 heavy (non-hydrogen) atoms. The van der Waals surface area contributed by atoms with Crippen LogP contribution in [0.2, 0.25) is 5.02 Å². The van der Waals surface area contributed by atoms with Crippen molar-refractivity contribution in [2.24, 2.45) is 5.92 Å². The van der Waals surface area contributed by atoms with Crippen LogP contribution in [-0.4, -0.2) is 46.4 Å². The standard InChI is InChI=1S/C21H28ClN3O4/c1-20(2,3)28-18(26)24-17-15(16(22)9-11-23-17)8-7-14-10-12-25(13-14)19(27)29-21(4,5)6/h9,11,14H,10,12-13H2,1-6H3,(H,23,24,26). The van der Waals surface area contributed by atoms with E-state index in [1.165, 1.54) is 6.20 Å². The summed E-state index contributed by atoms with van der Waals surface area (Å²) in [6.45, 7) is 11.9. The van der Waals surface area contributed by atoms with Crippen LogP contribution >= 0.6 is 11.6 Å². The molecule has 8 heteroatoms. The molecule has 1 atom stereocenters. The van der Waals surface area contributed by atoms with E-state index in [9.17, 15) is 9.59 Å². The Morgan fingerprint density at radius 1 is 1.21 bits per heavy atom. The van der Waals surface area contributed by atoms with Crippen molar-refractivity contribution in [2.45, 2.75) is 59.2 Å². The molecule has 0 radical (unpaired) electrons. The van der Waals surface area contributed by atoms with Gasteiger partial charge in [-0.05, 0) is 54.0 Å². The molecule has 1 aliphatic rings. The van der Waals surface area contributed by atoms with Crippen LogP contribution in [0.15, 0.2) is 12.3 Å². The fraction of sp³-hybridized carbons (Fsp3) is 0.571. The van der Waals surface area contributed by atoms with Crippen molar-refractivity contribution in [3.05, 3.63) is 22.8 Å². The van der Waals surface area contributed by atoms with E-state index >= 15 is 0 Å². The Bertz CT molecular complexity index is 831. The van der Waals surface area contributed by atoms with Gasteiger partial charge in [0, 0.05) is 25.2 Å². The number of hydrogen-bond donors (Lipinski definition) is 1. The third-order valence-electron chi connectivity index (χ3n) is 3.76. The first-order chi connectivity index (χ1) is 13.3. The minimum Gasteiger partial charge on any atom is -0.444 e. The van der Waals surface area contributed by atoms with Gasteiger partial charge in [0.05, 0.1) is 10.6 Å². The SMILES string of the molecule is CC(C)(C)OC(=O)Nc1nccc(Cl)c1C#CC1CCN(C(=O)OC(C)(C)C)C1. The lowest BCUT2D eigenvalue weighted by molar-refractivity contribution is 0.0291. The molecule has 0 bridgehead atoms. The topological polar surface area (TPSA) is 80.8 Å². The summed E-state index contributed by atoms with van der Waals surface area (Å²) in [5.41, 5.74) is -0.758. The molecule has 1 saturated heterocycles.